The van der Waals surface area contributed by atoms with Gasteiger partial charge in [-0.25, -0.2) is 4.39 Å². The predicted octanol–water partition coefficient (Wildman–Crippen LogP) is 1.63. The molecule has 1 saturated carbocycles. The third-order valence-electron chi connectivity index (χ3n) is 2.76. The largest absolute Gasteiger partial charge is 0.420 e. The van der Waals surface area contributed by atoms with Crippen LogP contribution < -0.4 is 11.1 Å². The van der Waals surface area contributed by atoms with Gasteiger partial charge in [-0.3, -0.25) is 10.1 Å². The van der Waals surface area contributed by atoms with E-state index in [2.05, 4.69) is 15.3 Å². The van der Waals surface area contributed by atoms with E-state index >= 15 is 0 Å². The lowest BCUT2D eigenvalue weighted by Gasteiger charge is -1.98. The summed E-state index contributed by atoms with van der Waals surface area (Å²) in [5, 5.41) is 2.53. The summed E-state index contributed by atoms with van der Waals surface area (Å²) in [6.07, 6.45) is 1.70. The number of hydrogen-bond donors (Lipinski definition) is 2. The average molecular weight is 262 g/mol. The SMILES string of the molecule is N/C(=N\C(=O)C1CC1)Nc1nc2cccc(F)c2o1. The van der Waals surface area contributed by atoms with Gasteiger partial charge >= 0.3 is 6.01 Å². The minimum Gasteiger partial charge on any atom is -0.420 e. The highest BCUT2D eigenvalue weighted by atomic mass is 19.1. The highest BCUT2D eigenvalue weighted by Crippen LogP contribution is 2.30. The van der Waals surface area contributed by atoms with E-state index in [1.54, 1.807) is 6.07 Å². The summed E-state index contributed by atoms with van der Waals surface area (Å²) in [5.41, 5.74) is 5.95. The molecule has 0 atom stereocenters. The van der Waals surface area contributed by atoms with E-state index in [4.69, 9.17) is 10.2 Å². The Kier molecular flexibility index (Phi) is 2.66. The van der Waals surface area contributed by atoms with Gasteiger partial charge in [0.05, 0.1) is 0 Å². The van der Waals surface area contributed by atoms with Crippen molar-refractivity contribution in [3.8, 4) is 0 Å². The minimum atomic E-state index is -0.511. The highest BCUT2D eigenvalue weighted by Gasteiger charge is 2.29. The van der Waals surface area contributed by atoms with E-state index in [1.807, 2.05) is 0 Å². The summed E-state index contributed by atoms with van der Waals surface area (Å²) < 4.78 is 18.5. The number of aromatic nitrogens is 1. The van der Waals surface area contributed by atoms with Gasteiger partial charge in [-0.05, 0) is 25.0 Å². The van der Waals surface area contributed by atoms with E-state index < -0.39 is 5.82 Å². The van der Waals surface area contributed by atoms with Crippen LogP contribution in [0.25, 0.3) is 11.1 Å². The number of aliphatic imine (C=N–C) groups is 1. The summed E-state index contributed by atoms with van der Waals surface area (Å²) in [7, 11) is 0. The lowest BCUT2D eigenvalue weighted by Crippen LogP contribution is -2.24. The van der Waals surface area contributed by atoms with Crippen LogP contribution in [0.4, 0.5) is 10.4 Å². The number of anilines is 1. The second-order valence-corrected chi connectivity index (χ2v) is 4.34. The zero-order chi connectivity index (χ0) is 13.4. The molecule has 6 nitrogen and oxygen atoms in total. The molecule has 0 unspecified atom stereocenters. The van der Waals surface area contributed by atoms with Crippen LogP contribution in [-0.4, -0.2) is 16.9 Å². The molecule has 7 heteroatoms. The van der Waals surface area contributed by atoms with Crippen LogP contribution in [0.15, 0.2) is 27.6 Å². The second-order valence-electron chi connectivity index (χ2n) is 4.34. The number of hydrogen-bond acceptors (Lipinski definition) is 3. The van der Waals surface area contributed by atoms with Gasteiger partial charge in [-0.15, -0.1) is 0 Å². The van der Waals surface area contributed by atoms with Crippen molar-refractivity contribution in [1.29, 1.82) is 0 Å². The summed E-state index contributed by atoms with van der Waals surface area (Å²) in [5.74, 6) is -0.889. The lowest BCUT2D eigenvalue weighted by atomic mass is 10.3. The minimum absolute atomic E-state index is 0.00458. The van der Waals surface area contributed by atoms with Gasteiger partial charge < -0.3 is 10.2 Å². The maximum absolute atomic E-state index is 13.4. The maximum atomic E-state index is 13.4. The molecule has 1 fully saturated rings. The number of oxazole rings is 1. The first-order valence-electron chi connectivity index (χ1n) is 5.83. The van der Waals surface area contributed by atoms with Crippen LogP contribution in [0.5, 0.6) is 0 Å². The van der Waals surface area contributed by atoms with Crippen molar-refractivity contribution in [3.05, 3.63) is 24.0 Å². The van der Waals surface area contributed by atoms with Gasteiger partial charge in [0.1, 0.15) is 5.52 Å². The molecule has 1 aliphatic rings. The number of para-hydroxylation sites is 1. The molecule has 1 aliphatic carbocycles. The number of nitrogens with zero attached hydrogens (tertiary/aromatic N) is 2. The van der Waals surface area contributed by atoms with Crippen molar-refractivity contribution < 1.29 is 13.6 Å². The molecule has 1 aromatic heterocycles. The Hall–Kier alpha value is -2.44. The van der Waals surface area contributed by atoms with Crippen LogP contribution in [0.3, 0.4) is 0 Å². The van der Waals surface area contributed by atoms with E-state index in [1.165, 1.54) is 12.1 Å². The molecule has 1 amide bonds. The van der Waals surface area contributed by atoms with E-state index in [0.29, 0.717) is 5.52 Å². The van der Waals surface area contributed by atoms with Crippen molar-refractivity contribution >= 4 is 29.0 Å². The van der Waals surface area contributed by atoms with Crippen molar-refractivity contribution in [2.45, 2.75) is 12.8 Å². The summed E-state index contributed by atoms with van der Waals surface area (Å²) in [4.78, 5) is 19.1. The first-order valence-corrected chi connectivity index (χ1v) is 5.83. The normalized spacial score (nSPS) is 15.7. The van der Waals surface area contributed by atoms with Gasteiger partial charge in [0, 0.05) is 5.92 Å². The van der Waals surface area contributed by atoms with Gasteiger partial charge in [0.25, 0.3) is 5.91 Å². The monoisotopic (exact) mass is 262 g/mol. The van der Waals surface area contributed by atoms with Crippen molar-refractivity contribution in [2.24, 2.45) is 16.6 Å². The number of guanidine groups is 1. The highest BCUT2D eigenvalue weighted by molar-refractivity contribution is 6.00. The first-order chi connectivity index (χ1) is 9.13. The number of nitrogens with one attached hydrogen (secondary N) is 1. The molecule has 19 heavy (non-hydrogen) atoms. The van der Waals surface area contributed by atoms with E-state index in [-0.39, 0.29) is 29.4 Å². The molecule has 0 bridgehead atoms. The van der Waals surface area contributed by atoms with Crippen LogP contribution in [0, 0.1) is 11.7 Å². The smallest absolute Gasteiger partial charge is 0.302 e. The lowest BCUT2D eigenvalue weighted by molar-refractivity contribution is -0.118. The molecule has 0 saturated heterocycles. The fourth-order valence-corrected chi connectivity index (χ4v) is 1.65. The molecule has 0 spiro atoms. The molecule has 1 heterocycles. The van der Waals surface area contributed by atoms with E-state index in [9.17, 15) is 9.18 Å². The Labute approximate surface area is 107 Å². The number of benzene rings is 1. The van der Waals surface area contributed by atoms with Gasteiger partial charge in [-0.2, -0.15) is 9.98 Å². The number of carbonyl (C=O) groups excluding carboxylic acids is 1. The van der Waals surface area contributed by atoms with Crippen molar-refractivity contribution in [2.75, 3.05) is 5.32 Å². The molecule has 98 valence electrons. The molecule has 0 radical (unpaired) electrons. The third kappa shape index (κ3) is 2.40. The fourth-order valence-electron chi connectivity index (χ4n) is 1.65. The molecule has 2 aromatic rings. The number of rotatable bonds is 2. The van der Waals surface area contributed by atoms with E-state index in [0.717, 1.165) is 12.8 Å². The zero-order valence-corrected chi connectivity index (χ0v) is 9.89. The maximum Gasteiger partial charge on any atom is 0.302 e. The molecule has 3 rings (SSSR count). The molecule has 3 N–H and O–H groups in total. The van der Waals surface area contributed by atoms with Crippen LogP contribution in [0.2, 0.25) is 0 Å². The number of halogens is 1. The Balaban J connectivity index is 1.81. The number of carbonyl (C=O) groups is 1. The van der Waals surface area contributed by atoms with Crippen molar-refractivity contribution in [3.63, 3.8) is 0 Å². The summed E-state index contributed by atoms with van der Waals surface area (Å²) >= 11 is 0. The Morgan fingerprint density at radius 1 is 1.53 bits per heavy atom. The molecule has 0 aliphatic heterocycles. The van der Waals surface area contributed by atoms with Crippen LogP contribution in [0.1, 0.15) is 12.8 Å². The molecular weight excluding hydrogens is 251 g/mol. The van der Waals surface area contributed by atoms with Crippen LogP contribution in [-0.2, 0) is 4.79 Å². The first kappa shape index (κ1) is 11.6. The Bertz CT molecular complexity index is 675. The van der Waals surface area contributed by atoms with Gasteiger partial charge in [0.2, 0.25) is 5.96 Å². The standard InChI is InChI=1S/C12H11FN4O2/c13-7-2-1-3-8-9(7)19-12(15-8)17-11(14)16-10(18)6-4-5-6/h1-3,6H,4-5H2,(H3,14,15,16,17,18). The average Bonchev–Trinajstić information content (AvgIpc) is 3.11. The molecular formula is C12H11FN4O2. The van der Waals surface area contributed by atoms with Crippen molar-refractivity contribution in [1.82, 2.24) is 4.98 Å². The number of amides is 1. The quantitative estimate of drug-likeness (QED) is 0.633. The molecule has 1 aromatic carbocycles. The Morgan fingerprint density at radius 3 is 3.00 bits per heavy atom. The Morgan fingerprint density at radius 2 is 2.32 bits per heavy atom. The summed E-state index contributed by atoms with van der Waals surface area (Å²) in [6, 6.07) is 4.41. The number of fused-ring (bicyclic) bond motifs is 1. The third-order valence-corrected chi connectivity index (χ3v) is 2.76. The number of nitrogens with two attached hydrogens (primary N) is 1. The topological polar surface area (TPSA) is 93.5 Å². The van der Waals surface area contributed by atoms with Gasteiger partial charge in [-0.1, -0.05) is 6.07 Å². The second kappa shape index (κ2) is 4.34. The predicted molar refractivity (Wildman–Crippen MR) is 66.9 cm³/mol. The summed E-state index contributed by atoms with van der Waals surface area (Å²) in [6.45, 7) is 0. The van der Waals surface area contributed by atoms with Crippen LogP contribution >= 0.6 is 0 Å². The van der Waals surface area contributed by atoms with Gasteiger partial charge in [0.15, 0.2) is 11.4 Å². The fraction of sp³-hybridized carbons (Fsp3) is 0.250. The zero-order valence-electron chi connectivity index (χ0n) is 9.89.